The standard InChI is InChI=1S/C15H25N7O4.H2O4S/c1-21(4-2-3-5-25-17)6-9-11(23)12(24)15(26-9)22-8-20-10-13(16)18-7-19-14(10)22;1-5(2,3)4/h7-9,11-12,15,23-24H,2-6,17H2,1H3,(H2,16,18,19);(H2,1,2,3,4)/t9-,11-,12-,15-;/m1./s1. The Bertz CT molecular complexity index is 935. The second kappa shape index (κ2) is 11.0. The molecule has 2 aromatic heterocycles. The van der Waals surface area contributed by atoms with Crippen LogP contribution >= 0.6 is 0 Å². The molecular formula is C15H27N7O8S. The van der Waals surface area contributed by atoms with Crippen LogP contribution in [0.15, 0.2) is 12.7 Å². The number of ether oxygens (including phenoxy) is 1. The van der Waals surface area contributed by atoms with Gasteiger partial charge in [0.25, 0.3) is 0 Å². The Kier molecular flexibility index (Phi) is 8.98. The average molecular weight is 465 g/mol. The Labute approximate surface area is 178 Å². The molecule has 8 N–H and O–H groups in total. The molecule has 0 radical (unpaired) electrons. The van der Waals surface area contributed by atoms with Gasteiger partial charge in [-0.2, -0.15) is 8.42 Å². The lowest BCUT2D eigenvalue weighted by Gasteiger charge is -2.22. The van der Waals surface area contributed by atoms with Crippen LogP contribution in [0.1, 0.15) is 19.1 Å². The topological polar surface area (TPSA) is 232 Å². The predicted molar refractivity (Wildman–Crippen MR) is 107 cm³/mol. The SMILES string of the molecule is CN(CCCCON)C[C@H]1O[C@@H](n2cnc3c(N)ncnc32)[C@H](O)[C@@H]1O.O=S(=O)(O)O. The fourth-order valence-corrected chi connectivity index (χ4v) is 3.13. The van der Waals surface area contributed by atoms with Crippen LogP contribution < -0.4 is 11.6 Å². The van der Waals surface area contributed by atoms with Crippen LogP contribution in [-0.2, 0) is 20.0 Å². The van der Waals surface area contributed by atoms with E-state index in [9.17, 15) is 10.2 Å². The number of rotatable bonds is 8. The lowest BCUT2D eigenvalue weighted by atomic mass is 10.1. The zero-order chi connectivity index (χ0) is 23.2. The van der Waals surface area contributed by atoms with Crippen molar-refractivity contribution in [2.24, 2.45) is 5.90 Å². The quantitative estimate of drug-likeness (QED) is 0.140. The summed E-state index contributed by atoms with van der Waals surface area (Å²) in [6, 6.07) is 0. The van der Waals surface area contributed by atoms with E-state index in [0.717, 1.165) is 19.4 Å². The summed E-state index contributed by atoms with van der Waals surface area (Å²) in [6.45, 7) is 1.78. The molecule has 2 aromatic rings. The zero-order valence-electron chi connectivity index (χ0n) is 16.7. The third-order valence-corrected chi connectivity index (χ3v) is 4.54. The Morgan fingerprint density at radius 1 is 1.23 bits per heavy atom. The summed E-state index contributed by atoms with van der Waals surface area (Å²) in [5.41, 5.74) is 6.67. The number of unbranched alkanes of at least 4 members (excludes halogenated alkanes) is 1. The third kappa shape index (κ3) is 7.27. The van der Waals surface area contributed by atoms with Crippen LogP contribution in [0.5, 0.6) is 0 Å². The molecule has 1 aliphatic rings. The minimum atomic E-state index is -4.67. The molecule has 1 aliphatic heterocycles. The van der Waals surface area contributed by atoms with Crippen molar-refractivity contribution in [3.8, 4) is 0 Å². The maximum Gasteiger partial charge on any atom is 0.394 e. The molecule has 0 bridgehead atoms. The van der Waals surface area contributed by atoms with Gasteiger partial charge in [-0.15, -0.1) is 0 Å². The van der Waals surface area contributed by atoms with Crippen molar-refractivity contribution in [1.82, 2.24) is 24.4 Å². The smallest absolute Gasteiger partial charge is 0.387 e. The number of nitrogen functional groups attached to an aromatic ring is 1. The molecule has 176 valence electrons. The Morgan fingerprint density at radius 3 is 2.55 bits per heavy atom. The molecule has 0 saturated carbocycles. The molecule has 3 rings (SSSR count). The van der Waals surface area contributed by atoms with Crippen molar-refractivity contribution in [3.63, 3.8) is 0 Å². The van der Waals surface area contributed by atoms with E-state index in [4.69, 9.17) is 33.9 Å². The molecule has 16 heteroatoms. The Morgan fingerprint density at radius 2 is 1.90 bits per heavy atom. The highest BCUT2D eigenvalue weighted by Gasteiger charge is 2.44. The van der Waals surface area contributed by atoms with E-state index in [1.807, 2.05) is 11.9 Å². The lowest BCUT2D eigenvalue weighted by molar-refractivity contribution is -0.0423. The number of aliphatic hydroxyl groups excluding tert-OH is 2. The maximum absolute atomic E-state index is 10.4. The van der Waals surface area contributed by atoms with E-state index < -0.39 is 34.9 Å². The van der Waals surface area contributed by atoms with E-state index in [-0.39, 0.29) is 5.82 Å². The number of hydrogen-bond acceptors (Lipinski definition) is 12. The first-order valence-electron chi connectivity index (χ1n) is 9.17. The first-order chi connectivity index (χ1) is 14.5. The number of aromatic nitrogens is 4. The highest BCUT2D eigenvalue weighted by molar-refractivity contribution is 7.79. The number of aliphatic hydroxyl groups is 2. The molecule has 1 saturated heterocycles. The summed E-state index contributed by atoms with van der Waals surface area (Å²) in [7, 11) is -2.74. The Hall–Kier alpha value is -2.02. The summed E-state index contributed by atoms with van der Waals surface area (Å²) in [5, 5.41) is 20.8. The second-order valence-electron chi connectivity index (χ2n) is 6.92. The normalized spacial score (nSPS) is 23.8. The molecule has 0 spiro atoms. The number of nitrogens with zero attached hydrogens (tertiary/aromatic N) is 5. The van der Waals surface area contributed by atoms with Gasteiger partial charge in [-0.25, -0.2) is 20.8 Å². The highest BCUT2D eigenvalue weighted by atomic mass is 32.3. The van der Waals surface area contributed by atoms with Crippen LogP contribution in [0.4, 0.5) is 5.82 Å². The number of imidazole rings is 1. The summed E-state index contributed by atoms with van der Waals surface area (Å²) in [5.74, 6) is 5.25. The molecule has 15 nitrogen and oxygen atoms in total. The van der Waals surface area contributed by atoms with Gasteiger partial charge in [-0.1, -0.05) is 0 Å². The first-order valence-corrected chi connectivity index (χ1v) is 10.6. The minimum Gasteiger partial charge on any atom is -0.387 e. The highest BCUT2D eigenvalue weighted by Crippen LogP contribution is 2.32. The van der Waals surface area contributed by atoms with Crippen molar-refractivity contribution in [1.29, 1.82) is 0 Å². The second-order valence-corrected chi connectivity index (χ2v) is 7.81. The van der Waals surface area contributed by atoms with Crippen molar-refractivity contribution in [2.75, 3.05) is 32.5 Å². The monoisotopic (exact) mass is 465 g/mol. The molecule has 1 fully saturated rings. The van der Waals surface area contributed by atoms with Gasteiger partial charge in [-0.3, -0.25) is 13.7 Å². The van der Waals surface area contributed by atoms with E-state index in [1.54, 1.807) is 4.57 Å². The van der Waals surface area contributed by atoms with Gasteiger partial charge in [0, 0.05) is 6.54 Å². The average Bonchev–Trinajstić information content (AvgIpc) is 3.21. The van der Waals surface area contributed by atoms with Crippen molar-refractivity contribution >= 4 is 27.4 Å². The largest absolute Gasteiger partial charge is 0.394 e. The van der Waals surface area contributed by atoms with Gasteiger partial charge in [0.2, 0.25) is 0 Å². The molecular weight excluding hydrogens is 438 g/mol. The molecule has 0 amide bonds. The van der Waals surface area contributed by atoms with Gasteiger partial charge in [0.05, 0.1) is 12.9 Å². The molecule has 4 atom stereocenters. The Balaban J connectivity index is 0.000000614. The van der Waals surface area contributed by atoms with Gasteiger partial charge >= 0.3 is 10.4 Å². The van der Waals surface area contributed by atoms with Crippen LogP contribution in [0.25, 0.3) is 11.2 Å². The van der Waals surface area contributed by atoms with E-state index >= 15 is 0 Å². The number of fused-ring (bicyclic) bond motifs is 1. The molecule has 0 unspecified atom stereocenters. The third-order valence-electron chi connectivity index (χ3n) is 4.54. The summed E-state index contributed by atoms with van der Waals surface area (Å²) in [6.07, 6.45) is 1.10. The lowest BCUT2D eigenvalue weighted by Crippen LogP contribution is -2.38. The number of hydrogen-bond donors (Lipinski definition) is 6. The van der Waals surface area contributed by atoms with E-state index in [1.165, 1.54) is 12.7 Å². The van der Waals surface area contributed by atoms with Gasteiger partial charge in [0.15, 0.2) is 17.7 Å². The fraction of sp³-hybridized carbons (Fsp3) is 0.667. The van der Waals surface area contributed by atoms with Crippen LogP contribution in [-0.4, -0.2) is 97.2 Å². The molecule has 0 aromatic carbocycles. The summed E-state index contributed by atoms with van der Waals surface area (Å²) in [4.78, 5) is 18.8. The van der Waals surface area contributed by atoms with E-state index in [2.05, 4.69) is 19.8 Å². The molecule has 0 aliphatic carbocycles. The van der Waals surface area contributed by atoms with Gasteiger partial charge in [-0.05, 0) is 26.4 Å². The van der Waals surface area contributed by atoms with Gasteiger partial charge < -0.3 is 30.4 Å². The van der Waals surface area contributed by atoms with Crippen LogP contribution in [0.3, 0.4) is 0 Å². The fourth-order valence-electron chi connectivity index (χ4n) is 3.13. The van der Waals surface area contributed by atoms with Crippen molar-refractivity contribution < 1.29 is 37.3 Å². The number of likely N-dealkylation sites (N-methyl/N-ethyl adjacent to an activating group) is 1. The number of nitrogens with two attached hydrogens (primary N) is 2. The number of anilines is 1. The van der Waals surface area contributed by atoms with Crippen molar-refractivity contribution in [3.05, 3.63) is 12.7 Å². The minimum absolute atomic E-state index is 0.250. The zero-order valence-corrected chi connectivity index (χ0v) is 17.5. The molecule has 3 heterocycles. The summed E-state index contributed by atoms with van der Waals surface area (Å²) >= 11 is 0. The first kappa shape index (κ1) is 25.2. The maximum atomic E-state index is 10.4. The van der Waals surface area contributed by atoms with Gasteiger partial charge in [0.1, 0.15) is 30.2 Å². The predicted octanol–water partition coefficient (Wildman–Crippen LogP) is -2.02. The van der Waals surface area contributed by atoms with Crippen molar-refractivity contribution in [2.45, 2.75) is 37.4 Å². The van der Waals surface area contributed by atoms with E-state index in [0.29, 0.717) is 24.3 Å². The summed E-state index contributed by atoms with van der Waals surface area (Å²) < 4.78 is 39.1. The van der Waals surface area contributed by atoms with Crippen LogP contribution in [0, 0.1) is 0 Å². The molecule has 31 heavy (non-hydrogen) atoms. The van der Waals surface area contributed by atoms with Crippen LogP contribution in [0.2, 0.25) is 0 Å².